The molecule has 2 aliphatic heterocycles. The second kappa shape index (κ2) is 9.04. The van der Waals surface area contributed by atoms with Gasteiger partial charge in [0.05, 0.1) is 11.6 Å². The zero-order valence-corrected chi connectivity index (χ0v) is 19.4. The number of aromatic amines is 1. The van der Waals surface area contributed by atoms with Gasteiger partial charge in [-0.2, -0.15) is 13.2 Å². The van der Waals surface area contributed by atoms with Gasteiger partial charge < -0.3 is 26.3 Å². The molecule has 192 valence electrons. The van der Waals surface area contributed by atoms with Gasteiger partial charge in [0, 0.05) is 37.5 Å². The lowest BCUT2D eigenvalue weighted by Crippen LogP contribution is -2.53. The van der Waals surface area contributed by atoms with Gasteiger partial charge in [-0.05, 0) is 35.4 Å². The normalized spacial score (nSPS) is 21.6. The molecule has 9 nitrogen and oxygen atoms in total. The fraction of sp³-hybridized carbons (Fsp3) is 0.280. The number of pyridine rings is 1. The van der Waals surface area contributed by atoms with E-state index in [4.69, 9.17) is 5.73 Å². The Hall–Kier alpha value is -4.19. The zero-order valence-electron chi connectivity index (χ0n) is 19.4. The van der Waals surface area contributed by atoms with Crippen LogP contribution in [0.4, 0.5) is 18.9 Å². The van der Waals surface area contributed by atoms with Crippen LogP contribution in [-0.4, -0.2) is 51.3 Å². The number of aromatic nitrogens is 2. The maximum absolute atomic E-state index is 13.7. The van der Waals surface area contributed by atoms with Crippen molar-refractivity contribution in [2.24, 2.45) is 5.73 Å². The molecule has 3 amide bonds. The van der Waals surface area contributed by atoms with E-state index in [1.165, 1.54) is 11.1 Å². The van der Waals surface area contributed by atoms with Crippen LogP contribution in [0.2, 0.25) is 0 Å². The third-order valence-corrected chi connectivity index (χ3v) is 6.81. The van der Waals surface area contributed by atoms with Crippen molar-refractivity contribution >= 4 is 23.4 Å². The van der Waals surface area contributed by atoms with Gasteiger partial charge >= 0.3 is 6.18 Å². The van der Waals surface area contributed by atoms with Crippen LogP contribution < -0.4 is 16.4 Å². The van der Waals surface area contributed by atoms with E-state index in [-0.39, 0.29) is 31.0 Å². The number of hydrogen-bond acceptors (Lipinski definition) is 5. The molecule has 3 aromatic rings. The summed E-state index contributed by atoms with van der Waals surface area (Å²) in [5.74, 6) is -1.70. The Kier molecular flexibility index (Phi) is 5.98. The van der Waals surface area contributed by atoms with Crippen molar-refractivity contribution in [2.45, 2.75) is 36.6 Å². The Morgan fingerprint density at radius 2 is 1.97 bits per heavy atom. The summed E-state index contributed by atoms with van der Waals surface area (Å²) in [6.07, 6.45) is -2.20. The number of likely N-dealkylation sites (tertiary alicyclic amines) is 1. The second-order valence-electron chi connectivity index (χ2n) is 9.19. The van der Waals surface area contributed by atoms with Crippen molar-refractivity contribution in [3.05, 3.63) is 83.4 Å². The maximum atomic E-state index is 13.7. The number of nitrogens with zero attached hydrogens (tertiary/aromatic N) is 2. The Bertz CT molecular complexity index is 1360. The third kappa shape index (κ3) is 4.44. The molecule has 2 aliphatic rings. The number of amides is 3. The van der Waals surface area contributed by atoms with E-state index in [9.17, 15) is 27.6 Å². The molecule has 2 aromatic heterocycles. The van der Waals surface area contributed by atoms with Crippen LogP contribution in [0.25, 0.3) is 0 Å². The van der Waals surface area contributed by atoms with Crippen LogP contribution >= 0.6 is 0 Å². The lowest BCUT2D eigenvalue weighted by molar-refractivity contribution is -0.141. The molecule has 1 spiro atoms. The molecule has 0 radical (unpaired) electrons. The summed E-state index contributed by atoms with van der Waals surface area (Å²) < 4.78 is 39.0. The Morgan fingerprint density at radius 1 is 1.19 bits per heavy atom. The molecule has 1 saturated heterocycles. The molecule has 4 heterocycles. The smallest absolute Gasteiger partial charge is 0.347 e. The average molecular weight is 512 g/mol. The number of anilines is 1. The SMILES string of the molecule is N[C@@H]1C[C@@]2(CN1C(=O)[C@H](Cc1cccnc1)NC(=O)c1ccc(C(F)(F)F)[nH]1)C(=O)Nc1ccccc12. The van der Waals surface area contributed by atoms with Crippen LogP contribution in [0.5, 0.6) is 0 Å². The van der Waals surface area contributed by atoms with E-state index in [2.05, 4.69) is 15.6 Å². The molecule has 0 unspecified atom stereocenters. The Balaban J connectivity index is 1.41. The van der Waals surface area contributed by atoms with Crippen LogP contribution in [0.3, 0.4) is 0 Å². The van der Waals surface area contributed by atoms with Gasteiger partial charge in [-0.25, -0.2) is 0 Å². The highest BCUT2D eigenvalue weighted by atomic mass is 19.4. The van der Waals surface area contributed by atoms with Gasteiger partial charge in [-0.3, -0.25) is 19.4 Å². The zero-order chi connectivity index (χ0) is 26.4. The van der Waals surface area contributed by atoms with Gasteiger partial charge in [-0.15, -0.1) is 0 Å². The molecule has 5 N–H and O–H groups in total. The van der Waals surface area contributed by atoms with Crippen molar-refractivity contribution in [3.63, 3.8) is 0 Å². The molecule has 1 fully saturated rings. The highest BCUT2D eigenvalue weighted by Crippen LogP contribution is 2.45. The minimum atomic E-state index is -4.65. The van der Waals surface area contributed by atoms with Crippen molar-refractivity contribution in [3.8, 4) is 0 Å². The Labute approximate surface area is 209 Å². The number of rotatable bonds is 5. The van der Waals surface area contributed by atoms with Crippen LogP contribution in [0.15, 0.2) is 60.9 Å². The molecule has 5 rings (SSSR count). The second-order valence-corrected chi connectivity index (χ2v) is 9.19. The first kappa shape index (κ1) is 24.5. The molecule has 0 saturated carbocycles. The topological polar surface area (TPSA) is 133 Å². The first-order valence-electron chi connectivity index (χ1n) is 11.5. The van der Waals surface area contributed by atoms with Crippen molar-refractivity contribution < 1.29 is 27.6 Å². The fourth-order valence-corrected chi connectivity index (χ4v) is 5.00. The van der Waals surface area contributed by atoms with E-state index < -0.39 is 41.3 Å². The van der Waals surface area contributed by atoms with Crippen molar-refractivity contribution in [1.82, 2.24) is 20.2 Å². The van der Waals surface area contributed by atoms with Gasteiger partial charge in [0.25, 0.3) is 5.91 Å². The predicted octanol–water partition coefficient (Wildman–Crippen LogP) is 2.18. The number of nitrogens with one attached hydrogen (secondary N) is 3. The monoisotopic (exact) mass is 512 g/mol. The molecule has 0 bridgehead atoms. The number of benzene rings is 1. The van der Waals surface area contributed by atoms with E-state index in [0.29, 0.717) is 11.3 Å². The largest absolute Gasteiger partial charge is 0.431 e. The summed E-state index contributed by atoms with van der Waals surface area (Å²) in [6.45, 7) is -0.00399. The first-order valence-corrected chi connectivity index (χ1v) is 11.5. The standard InChI is InChI=1S/C25H23F3N6O3/c26-25(27,28)19-8-7-17(31-19)21(35)32-18(10-14-4-3-9-30-12-14)22(36)34-13-24(11-20(34)29)15-5-1-2-6-16(15)33-23(24)37/h1-9,12,18,20,31H,10-11,13,29H2,(H,32,35)(H,33,37)/t18-,20-,24-/m0/s1. The predicted molar refractivity (Wildman–Crippen MR) is 126 cm³/mol. The fourth-order valence-electron chi connectivity index (χ4n) is 5.00. The summed E-state index contributed by atoms with van der Waals surface area (Å²) >= 11 is 0. The Morgan fingerprint density at radius 3 is 2.68 bits per heavy atom. The van der Waals surface area contributed by atoms with E-state index in [1.54, 1.807) is 36.5 Å². The minimum Gasteiger partial charge on any atom is -0.347 e. The molecular formula is C25H23F3N6O3. The van der Waals surface area contributed by atoms with E-state index in [0.717, 1.165) is 17.7 Å². The van der Waals surface area contributed by atoms with Crippen molar-refractivity contribution in [1.29, 1.82) is 0 Å². The number of alkyl halides is 3. The average Bonchev–Trinajstić information content (AvgIpc) is 3.56. The number of carbonyl (C=O) groups excluding carboxylic acids is 3. The lowest BCUT2D eigenvalue weighted by Gasteiger charge is -2.28. The summed E-state index contributed by atoms with van der Waals surface area (Å²) in [6, 6.07) is 11.1. The molecule has 37 heavy (non-hydrogen) atoms. The summed E-state index contributed by atoms with van der Waals surface area (Å²) in [5, 5.41) is 5.38. The molecule has 0 aliphatic carbocycles. The first-order chi connectivity index (χ1) is 17.6. The number of nitrogens with two attached hydrogens (primary N) is 1. The van der Waals surface area contributed by atoms with Crippen LogP contribution in [0, 0.1) is 0 Å². The minimum absolute atomic E-state index is 0.00399. The highest BCUT2D eigenvalue weighted by Gasteiger charge is 2.55. The maximum Gasteiger partial charge on any atom is 0.431 e. The van der Waals surface area contributed by atoms with E-state index >= 15 is 0 Å². The van der Waals surface area contributed by atoms with Crippen molar-refractivity contribution in [2.75, 3.05) is 11.9 Å². The number of hydrogen-bond donors (Lipinski definition) is 4. The quantitative estimate of drug-likeness (QED) is 0.416. The number of halogens is 3. The van der Waals surface area contributed by atoms with Gasteiger partial charge in [0.15, 0.2) is 0 Å². The summed E-state index contributed by atoms with van der Waals surface area (Å²) in [4.78, 5) is 47.0. The van der Waals surface area contributed by atoms with Crippen LogP contribution in [0.1, 0.15) is 33.7 Å². The number of para-hydroxylation sites is 1. The summed E-state index contributed by atoms with van der Waals surface area (Å²) in [5.41, 5.74) is 5.90. The highest BCUT2D eigenvalue weighted by molar-refractivity contribution is 6.07. The van der Waals surface area contributed by atoms with E-state index in [1.807, 2.05) is 11.1 Å². The lowest BCUT2D eigenvalue weighted by atomic mass is 9.80. The number of carbonyl (C=O) groups is 3. The summed E-state index contributed by atoms with van der Waals surface area (Å²) in [7, 11) is 0. The van der Waals surface area contributed by atoms with Gasteiger partial charge in [0.2, 0.25) is 11.8 Å². The third-order valence-electron chi connectivity index (χ3n) is 6.81. The molecular weight excluding hydrogens is 489 g/mol. The van der Waals surface area contributed by atoms with Gasteiger partial charge in [-0.1, -0.05) is 24.3 Å². The van der Waals surface area contributed by atoms with Gasteiger partial charge in [0.1, 0.15) is 17.4 Å². The molecule has 1 aromatic carbocycles. The molecule has 3 atom stereocenters. The number of fused-ring (bicyclic) bond motifs is 2. The molecule has 12 heteroatoms. The number of H-pyrrole nitrogens is 1. The van der Waals surface area contributed by atoms with Crippen LogP contribution in [-0.2, 0) is 27.6 Å².